The van der Waals surface area contributed by atoms with Crippen molar-refractivity contribution >= 4 is 24.0 Å². The van der Waals surface area contributed by atoms with Gasteiger partial charge in [-0.3, -0.25) is 0 Å². The molecule has 3 heteroatoms. The monoisotopic (exact) mass is 543 g/mol. The first-order valence-corrected chi connectivity index (χ1v) is 8.34. The van der Waals surface area contributed by atoms with Crippen molar-refractivity contribution in [3.8, 4) is 0 Å². The van der Waals surface area contributed by atoms with Crippen molar-refractivity contribution in [2.75, 3.05) is 0 Å². The van der Waals surface area contributed by atoms with E-state index in [4.69, 9.17) is 0 Å². The molecule has 0 aromatic heterocycles. The van der Waals surface area contributed by atoms with Crippen LogP contribution < -0.4 is 16.8 Å². The van der Waals surface area contributed by atoms with Crippen LogP contribution in [0.1, 0.15) is 11.5 Å². The van der Waals surface area contributed by atoms with Crippen molar-refractivity contribution in [3.63, 3.8) is 0 Å². The zero-order chi connectivity index (χ0) is 12.9. The molecule has 1 aliphatic rings. The van der Waals surface area contributed by atoms with Crippen molar-refractivity contribution < 1.29 is 40.1 Å². The molecule has 101 valence electrons. The van der Waals surface area contributed by atoms with Crippen LogP contribution in [-0.2, 0) is 27.7 Å². The molecule has 1 aliphatic carbocycles. The van der Waals surface area contributed by atoms with Gasteiger partial charge < -0.3 is 12.4 Å². The number of hydrogen-bond acceptors (Lipinski definition) is 0. The van der Waals surface area contributed by atoms with Crippen LogP contribution in [0.15, 0.2) is 85.0 Å². The second-order valence-corrected chi connectivity index (χ2v) is 7.16. The summed E-state index contributed by atoms with van der Waals surface area (Å²) in [6.07, 6.45) is 9.21. The van der Waals surface area contributed by atoms with Gasteiger partial charge in [-0.1, -0.05) is 0 Å². The van der Waals surface area contributed by atoms with Gasteiger partial charge in [-0.15, -0.1) is 0 Å². The molecule has 2 aromatic rings. The molecule has 0 unspecified atom stereocenters. The second-order valence-electron chi connectivity index (χ2n) is 4.53. The first-order valence-electron chi connectivity index (χ1n) is 6.47. The van der Waals surface area contributed by atoms with Crippen LogP contribution in [0.4, 0.5) is 0 Å². The van der Waals surface area contributed by atoms with E-state index in [0.717, 1.165) is 0 Å². The summed E-state index contributed by atoms with van der Waals surface area (Å²) in [5, 5.41) is 0. The minimum atomic E-state index is 0. The molecule has 1 radical (unpaired) electrons. The van der Waals surface area contributed by atoms with Gasteiger partial charge in [0.2, 0.25) is 0 Å². The van der Waals surface area contributed by atoms with Crippen LogP contribution in [0.5, 0.6) is 0 Å². The zero-order valence-corrected chi connectivity index (χ0v) is 19.8. The molecule has 2 aromatic carbocycles. The normalized spacial score (nSPS) is 16.2. The van der Waals surface area contributed by atoms with Gasteiger partial charge in [0.15, 0.2) is 0 Å². The van der Waals surface area contributed by atoms with Gasteiger partial charge in [0, 0.05) is 0 Å². The number of benzene rings is 2. The molecule has 21 heavy (non-hydrogen) atoms. The van der Waals surface area contributed by atoms with Crippen LogP contribution in [0.3, 0.4) is 0 Å². The summed E-state index contributed by atoms with van der Waals surface area (Å²) in [6.45, 7) is 0. The summed E-state index contributed by atoms with van der Waals surface area (Å²) >= 11 is 0.114. The molecule has 0 spiro atoms. The van der Waals surface area contributed by atoms with E-state index in [1.807, 2.05) is 0 Å². The van der Waals surface area contributed by atoms with Gasteiger partial charge in [0.1, 0.15) is 0 Å². The quantitative estimate of drug-likeness (QED) is 0.473. The maximum atomic E-state index is 2.31. The molecule has 0 aliphatic heterocycles. The minimum Gasteiger partial charge on any atom is -1.00 e. The van der Waals surface area contributed by atoms with Gasteiger partial charge in [-0.05, 0) is 0 Å². The third-order valence-corrected chi connectivity index (χ3v) is 5.48. The largest absolute Gasteiger partial charge is 1.00 e. The maximum Gasteiger partial charge on any atom is 1.00 e. The fraction of sp³-hybridized carbons (Fsp3) is 0.0556. The summed E-state index contributed by atoms with van der Waals surface area (Å²) < 4.78 is 2.93. The number of rotatable bonds is 2. The Morgan fingerprint density at radius 2 is 1.24 bits per heavy atom. The van der Waals surface area contributed by atoms with E-state index in [1.54, 1.807) is 0 Å². The Hall–Kier alpha value is -0.426. The van der Waals surface area contributed by atoms with Gasteiger partial charge in [-0.2, -0.15) is 0 Å². The number of hydrogen-bond donors (Lipinski definition) is 0. The summed E-state index contributed by atoms with van der Waals surface area (Å²) in [7, 11) is 0. The molecule has 0 atom stereocenters. The summed E-state index contributed by atoms with van der Waals surface area (Å²) in [6, 6.07) is 21.4. The number of halogens is 1. The fourth-order valence-electron chi connectivity index (χ4n) is 2.15. The van der Waals surface area contributed by atoms with Gasteiger partial charge in [-0.25, -0.2) is 0 Å². The van der Waals surface area contributed by atoms with Crippen molar-refractivity contribution in [2.24, 2.45) is 0 Å². The standard InChI is InChI=1S/C18H15As.ClH.Hg/c1-3-7-15(8-4-1)16-11-13-18(14-12-16)19-17-9-5-2-6-10-17;;/h1-14,16H;1H;/q;;+1/p-1. The predicted octanol–water partition coefficient (Wildman–Crippen LogP) is 0.0998. The molecule has 0 saturated heterocycles. The first-order chi connectivity index (χ1) is 9.42. The zero-order valence-electron chi connectivity index (χ0n) is 11.7. The van der Waals surface area contributed by atoms with Crippen molar-refractivity contribution in [1.82, 2.24) is 0 Å². The van der Waals surface area contributed by atoms with Crippen LogP contribution in [0.25, 0.3) is 0 Å². The Morgan fingerprint density at radius 3 is 1.81 bits per heavy atom. The van der Waals surface area contributed by atoms with E-state index in [2.05, 4.69) is 85.0 Å². The Morgan fingerprint density at radius 1 is 0.714 bits per heavy atom. The minimum absolute atomic E-state index is 0. The second kappa shape index (κ2) is 9.56. The Bertz CT molecular complexity index is 617. The Kier molecular flexibility index (Phi) is 8.48. The summed E-state index contributed by atoms with van der Waals surface area (Å²) in [5.41, 5.74) is 1.37. The smallest absolute Gasteiger partial charge is 1.00 e. The molecule has 0 saturated carbocycles. The summed E-state index contributed by atoms with van der Waals surface area (Å²) in [4.78, 5) is 0. The van der Waals surface area contributed by atoms with Crippen molar-refractivity contribution in [2.45, 2.75) is 5.92 Å². The average molecular weight is 542 g/mol. The molecule has 0 N–H and O–H groups in total. The molecule has 0 amide bonds. The van der Waals surface area contributed by atoms with Crippen molar-refractivity contribution in [3.05, 3.63) is 90.5 Å². The van der Waals surface area contributed by atoms with Crippen LogP contribution >= 0.6 is 0 Å². The van der Waals surface area contributed by atoms with E-state index in [0.29, 0.717) is 5.92 Å². The average Bonchev–Trinajstić information content (AvgIpc) is 2.50. The Balaban J connectivity index is 0.00000110. The maximum absolute atomic E-state index is 2.31. The molecule has 0 fully saturated rings. The predicted molar refractivity (Wildman–Crippen MR) is 84.3 cm³/mol. The molecule has 3 rings (SSSR count). The van der Waals surface area contributed by atoms with E-state index in [1.165, 1.54) is 14.2 Å². The summed E-state index contributed by atoms with van der Waals surface area (Å²) in [5.74, 6) is 0.432. The van der Waals surface area contributed by atoms with E-state index < -0.39 is 0 Å². The van der Waals surface area contributed by atoms with Gasteiger partial charge in [0.05, 0.1) is 0 Å². The first kappa shape index (κ1) is 18.6. The molecular formula is C18H15AsClHg. The molecular weight excluding hydrogens is 527 g/mol. The van der Waals surface area contributed by atoms with Crippen LogP contribution in [0, 0.1) is 0 Å². The molecule has 0 bridgehead atoms. The van der Waals surface area contributed by atoms with Gasteiger partial charge in [0.25, 0.3) is 0 Å². The third kappa shape index (κ3) is 5.36. The van der Waals surface area contributed by atoms with Gasteiger partial charge >= 0.3 is 148 Å². The fourth-order valence-corrected chi connectivity index (χ4v) is 4.12. The van der Waals surface area contributed by atoms with Crippen LogP contribution in [-0.4, -0.2) is 19.6 Å². The topological polar surface area (TPSA) is 0 Å². The molecule has 0 heterocycles. The van der Waals surface area contributed by atoms with Crippen LogP contribution in [0.2, 0.25) is 0 Å². The SMILES string of the molecule is C1=CC(c2ccccc2)C=CC1=[As]c1ccccc1.[Cl-].[Hg+]. The number of allylic oxidation sites excluding steroid dienone is 4. The van der Waals surface area contributed by atoms with E-state index >= 15 is 0 Å². The Labute approximate surface area is 159 Å². The van der Waals surface area contributed by atoms with E-state index in [9.17, 15) is 0 Å². The van der Waals surface area contributed by atoms with E-state index in [-0.39, 0.29) is 55.4 Å². The molecule has 0 nitrogen and oxygen atoms in total. The van der Waals surface area contributed by atoms with Crippen molar-refractivity contribution in [1.29, 1.82) is 0 Å². The third-order valence-electron chi connectivity index (χ3n) is 3.15.